The van der Waals surface area contributed by atoms with Gasteiger partial charge in [-0.3, -0.25) is 9.78 Å². The summed E-state index contributed by atoms with van der Waals surface area (Å²) in [5.74, 6) is -0.753. The Morgan fingerprint density at radius 1 is 1.15 bits per heavy atom. The summed E-state index contributed by atoms with van der Waals surface area (Å²) in [5, 5.41) is 0. The monoisotopic (exact) mass is 533 g/mol. The van der Waals surface area contributed by atoms with Crippen LogP contribution >= 0.6 is 15.9 Å². The first-order valence-corrected chi connectivity index (χ1v) is 11.8. The SMILES string of the molecule is CC1=CC(OCc2ccc(F)cc2F)=C(Br)CN1Cc1cnc(C(=O)N2CCN(C)CC2)cn1. The predicted octanol–water partition coefficient (Wildman–Crippen LogP) is 3.69. The Balaban J connectivity index is 1.34. The van der Waals surface area contributed by atoms with Gasteiger partial charge in [0, 0.05) is 43.5 Å². The molecule has 1 saturated heterocycles. The molecule has 2 aliphatic heterocycles. The van der Waals surface area contributed by atoms with Gasteiger partial charge in [-0.1, -0.05) is 0 Å². The highest BCUT2D eigenvalue weighted by Crippen LogP contribution is 2.27. The third-order valence-corrected chi connectivity index (χ3v) is 6.54. The molecule has 0 atom stereocenters. The minimum Gasteiger partial charge on any atom is -0.488 e. The van der Waals surface area contributed by atoms with Crippen LogP contribution < -0.4 is 0 Å². The molecule has 0 spiro atoms. The molecule has 7 nitrogen and oxygen atoms in total. The molecule has 10 heteroatoms. The molecular weight excluding hydrogens is 508 g/mol. The summed E-state index contributed by atoms with van der Waals surface area (Å²) in [6.07, 6.45) is 5.03. The summed E-state index contributed by atoms with van der Waals surface area (Å²) in [6, 6.07) is 3.43. The first kappa shape index (κ1) is 24.3. The maximum atomic E-state index is 13.9. The smallest absolute Gasteiger partial charge is 0.274 e. The Morgan fingerprint density at radius 3 is 2.59 bits per heavy atom. The van der Waals surface area contributed by atoms with E-state index in [4.69, 9.17) is 4.74 Å². The first-order valence-electron chi connectivity index (χ1n) is 11.0. The van der Waals surface area contributed by atoms with Crippen molar-refractivity contribution in [3.63, 3.8) is 0 Å². The molecule has 34 heavy (non-hydrogen) atoms. The number of halogens is 3. The van der Waals surface area contributed by atoms with Crippen LogP contribution in [0, 0.1) is 11.6 Å². The molecule has 1 fully saturated rings. The van der Waals surface area contributed by atoms with Crippen LogP contribution in [0.3, 0.4) is 0 Å². The summed E-state index contributed by atoms with van der Waals surface area (Å²) < 4.78 is 33.5. The van der Waals surface area contributed by atoms with Crippen LogP contribution in [0.15, 0.2) is 52.6 Å². The number of aromatic nitrogens is 2. The largest absolute Gasteiger partial charge is 0.488 e. The van der Waals surface area contributed by atoms with Gasteiger partial charge in [0.05, 0.1) is 35.7 Å². The molecule has 1 aromatic carbocycles. The van der Waals surface area contributed by atoms with Crippen LogP contribution in [0.5, 0.6) is 0 Å². The highest BCUT2D eigenvalue weighted by molar-refractivity contribution is 9.11. The predicted molar refractivity (Wildman–Crippen MR) is 127 cm³/mol. The van der Waals surface area contributed by atoms with E-state index in [2.05, 4.69) is 35.7 Å². The van der Waals surface area contributed by atoms with Gasteiger partial charge in [-0.2, -0.15) is 0 Å². The van der Waals surface area contributed by atoms with Crippen LogP contribution in [0.1, 0.15) is 28.7 Å². The molecule has 0 radical (unpaired) electrons. The van der Waals surface area contributed by atoms with E-state index in [1.165, 1.54) is 18.3 Å². The number of rotatable bonds is 6. The maximum Gasteiger partial charge on any atom is 0.274 e. The molecular formula is C24H26BrF2N5O2. The molecule has 0 aliphatic carbocycles. The number of ether oxygens (including phenoxy) is 1. The van der Waals surface area contributed by atoms with Gasteiger partial charge in [0.25, 0.3) is 5.91 Å². The van der Waals surface area contributed by atoms with E-state index in [1.807, 2.05) is 24.9 Å². The fourth-order valence-corrected chi connectivity index (χ4v) is 4.27. The summed E-state index contributed by atoms with van der Waals surface area (Å²) in [4.78, 5) is 27.5. The van der Waals surface area contributed by atoms with Gasteiger partial charge in [-0.25, -0.2) is 13.8 Å². The highest BCUT2D eigenvalue weighted by Gasteiger charge is 2.22. The van der Waals surface area contributed by atoms with E-state index in [0.29, 0.717) is 37.6 Å². The average molecular weight is 534 g/mol. The number of carbonyl (C=O) groups is 1. The van der Waals surface area contributed by atoms with Crippen molar-refractivity contribution in [3.8, 4) is 0 Å². The van der Waals surface area contributed by atoms with Crippen molar-refractivity contribution in [2.45, 2.75) is 20.1 Å². The molecule has 1 amide bonds. The van der Waals surface area contributed by atoms with E-state index in [1.54, 1.807) is 6.20 Å². The fourth-order valence-electron chi connectivity index (χ4n) is 3.74. The number of hydrogen-bond acceptors (Lipinski definition) is 6. The van der Waals surface area contributed by atoms with Gasteiger partial charge >= 0.3 is 0 Å². The van der Waals surface area contributed by atoms with E-state index in [9.17, 15) is 13.6 Å². The molecule has 0 unspecified atom stereocenters. The van der Waals surface area contributed by atoms with Crippen LogP contribution in [-0.2, 0) is 17.9 Å². The van der Waals surface area contributed by atoms with Gasteiger partial charge < -0.3 is 19.4 Å². The van der Waals surface area contributed by atoms with Crippen molar-refractivity contribution in [3.05, 3.63) is 81.2 Å². The topological polar surface area (TPSA) is 61.8 Å². The quantitative estimate of drug-likeness (QED) is 0.564. The lowest BCUT2D eigenvalue weighted by atomic mass is 10.2. The fraction of sp³-hybridized carbons (Fsp3) is 0.375. The van der Waals surface area contributed by atoms with Crippen molar-refractivity contribution in [1.82, 2.24) is 24.7 Å². The second kappa shape index (κ2) is 10.6. The van der Waals surface area contributed by atoms with E-state index in [0.717, 1.165) is 35.0 Å². The van der Waals surface area contributed by atoms with Crippen molar-refractivity contribution >= 4 is 21.8 Å². The third kappa shape index (κ3) is 5.79. The van der Waals surface area contributed by atoms with E-state index in [-0.39, 0.29) is 18.1 Å². The van der Waals surface area contributed by atoms with Gasteiger partial charge in [-0.15, -0.1) is 0 Å². The summed E-state index contributed by atoms with van der Waals surface area (Å²) >= 11 is 3.54. The van der Waals surface area contributed by atoms with Crippen molar-refractivity contribution in [2.75, 3.05) is 39.8 Å². The van der Waals surface area contributed by atoms with Crippen molar-refractivity contribution in [1.29, 1.82) is 0 Å². The normalized spacial score (nSPS) is 17.1. The molecule has 0 saturated carbocycles. The first-order chi connectivity index (χ1) is 16.3. The number of nitrogens with zero attached hydrogens (tertiary/aromatic N) is 5. The lowest BCUT2D eigenvalue weighted by molar-refractivity contribution is 0.0657. The molecule has 2 aliphatic rings. The Bertz CT molecular complexity index is 1110. The Morgan fingerprint density at radius 2 is 1.91 bits per heavy atom. The number of hydrogen-bond donors (Lipinski definition) is 0. The summed E-state index contributed by atoms with van der Waals surface area (Å²) in [7, 11) is 2.04. The lowest BCUT2D eigenvalue weighted by Gasteiger charge is -2.32. The minimum atomic E-state index is -0.636. The molecule has 0 bridgehead atoms. The van der Waals surface area contributed by atoms with Gasteiger partial charge in [0.1, 0.15) is 29.7 Å². The van der Waals surface area contributed by atoms with Gasteiger partial charge in [0.15, 0.2) is 0 Å². The Kier molecular flexibility index (Phi) is 7.57. The number of carbonyl (C=O) groups excluding carboxylic acids is 1. The molecule has 4 rings (SSSR count). The Labute approximate surface area is 205 Å². The zero-order chi connectivity index (χ0) is 24.2. The number of benzene rings is 1. The lowest BCUT2D eigenvalue weighted by Crippen LogP contribution is -2.47. The number of likely N-dealkylation sites (N-methyl/N-ethyl adjacent to an activating group) is 1. The standard InChI is InChI=1S/C24H26BrF2N5O2/c1-16-9-23(34-15-17-3-4-18(26)10-21(17)27)20(25)14-32(16)13-19-11-29-22(12-28-19)24(33)31-7-5-30(2)6-8-31/h3-4,9-12H,5-8,13-15H2,1-2H3. The maximum absolute atomic E-state index is 13.9. The minimum absolute atomic E-state index is 0.00536. The molecule has 1 aromatic heterocycles. The van der Waals surface area contributed by atoms with Crippen LogP contribution in [0.2, 0.25) is 0 Å². The Hall–Kier alpha value is -2.85. The summed E-state index contributed by atoms with van der Waals surface area (Å²) in [5.41, 5.74) is 2.31. The number of piperazine rings is 1. The third-order valence-electron chi connectivity index (χ3n) is 5.90. The second-order valence-electron chi connectivity index (χ2n) is 8.42. The number of allylic oxidation sites excluding steroid dienone is 2. The zero-order valence-electron chi connectivity index (χ0n) is 19.1. The van der Waals surface area contributed by atoms with Crippen LogP contribution in [0.4, 0.5) is 8.78 Å². The molecule has 0 N–H and O–H groups in total. The number of amides is 1. The van der Waals surface area contributed by atoms with E-state index >= 15 is 0 Å². The van der Waals surface area contributed by atoms with Crippen LogP contribution in [-0.4, -0.2) is 70.3 Å². The molecule has 3 heterocycles. The highest BCUT2D eigenvalue weighted by atomic mass is 79.9. The van der Waals surface area contributed by atoms with Crippen molar-refractivity contribution < 1.29 is 18.3 Å². The summed E-state index contributed by atoms with van der Waals surface area (Å²) in [6.45, 7) is 6.06. The second-order valence-corrected chi connectivity index (χ2v) is 9.38. The van der Waals surface area contributed by atoms with Gasteiger partial charge in [-0.05, 0) is 48.1 Å². The molecule has 2 aromatic rings. The van der Waals surface area contributed by atoms with E-state index < -0.39 is 11.6 Å². The zero-order valence-corrected chi connectivity index (χ0v) is 20.7. The molecule has 180 valence electrons. The van der Waals surface area contributed by atoms with Crippen molar-refractivity contribution in [2.24, 2.45) is 0 Å². The van der Waals surface area contributed by atoms with Gasteiger partial charge in [0.2, 0.25) is 0 Å². The average Bonchev–Trinajstić information content (AvgIpc) is 2.82. The van der Waals surface area contributed by atoms with Crippen LogP contribution in [0.25, 0.3) is 0 Å².